The first kappa shape index (κ1) is 19.6. The van der Waals surface area contributed by atoms with E-state index in [1.54, 1.807) is 19.1 Å². The van der Waals surface area contributed by atoms with E-state index in [2.05, 4.69) is 15.2 Å². The van der Waals surface area contributed by atoms with Crippen molar-refractivity contribution in [3.63, 3.8) is 0 Å². The molecule has 1 amide bonds. The summed E-state index contributed by atoms with van der Waals surface area (Å²) < 4.78 is 32.5. The molecule has 0 unspecified atom stereocenters. The van der Waals surface area contributed by atoms with Gasteiger partial charge in [-0.15, -0.1) is 0 Å². The number of hydrogen-bond acceptors (Lipinski definition) is 5. The van der Waals surface area contributed by atoms with Crippen molar-refractivity contribution in [3.8, 4) is 0 Å². The van der Waals surface area contributed by atoms with E-state index in [0.29, 0.717) is 11.3 Å². The van der Waals surface area contributed by atoms with Gasteiger partial charge in [-0.25, -0.2) is 8.42 Å². The third-order valence-electron chi connectivity index (χ3n) is 4.28. The second-order valence-electron chi connectivity index (χ2n) is 6.61. The topological polar surface area (TPSA) is 101 Å². The maximum Gasteiger partial charge on any atom is 0.267 e. The Morgan fingerprint density at radius 2 is 1.68 bits per heavy atom. The molecule has 0 spiro atoms. The molecule has 7 nitrogen and oxygen atoms in total. The largest absolute Gasteiger partial charge is 0.360 e. The average Bonchev–Trinajstić information content (AvgIpc) is 2.97. The molecule has 0 saturated heterocycles. The number of nitrogens with one attached hydrogen (secondary N) is 2. The standard InChI is InChI=1S/C20H21N3O4S/c1-12-5-6-13(2)18(11-12)21-20(24)16-7-9-17(10-8-16)23-28(25,26)19-14(3)22-27-15(19)4/h5-11,23H,1-4H3,(H,21,24). The van der Waals surface area contributed by atoms with Gasteiger partial charge in [0.2, 0.25) is 0 Å². The van der Waals surface area contributed by atoms with Crippen LogP contribution in [0.1, 0.15) is 32.9 Å². The van der Waals surface area contributed by atoms with Gasteiger partial charge in [0.1, 0.15) is 5.69 Å². The van der Waals surface area contributed by atoms with Gasteiger partial charge in [0.25, 0.3) is 15.9 Å². The van der Waals surface area contributed by atoms with Crippen molar-refractivity contribution in [2.75, 3.05) is 10.0 Å². The molecule has 0 radical (unpaired) electrons. The van der Waals surface area contributed by atoms with Gasteiger partial charge in [-0.3, -0.25) is 9.52 Å². The molecular formula is C20H21N3O4S. The number of hydrogen-bond donors (Lipinski definition) is 2. The first-order valence-electron chi connectivity index (χ1n) is 8.62. The number of rotatable bonds is 5. The summed E-state index contributed by atoms with van der Waals surface area (Å²) >= 11 is 0. The van der Waals surface area contributed by atoms with Crippen LogP contribution in [0.3, 0.4) is 0 Å². The molecule has 28 heavy (non-hydrogen) atoms. The van der Waals surface area contributed by atoms with Crippen LogP contribution >= 0.6 is 0 Å². The van der Waals surface area contributed by atoms with E-state index in [4.69, 9.17) is 4.52 Å². The van der Waals surface area contributed by atoms with Crippen LogP contribution in [0.25, 0.3) is 0 Å². The molecule has 3 rings (SSSR count). The van der Waals surface area contributed by atoms with Crippen LogP contribution < -0.4 is 10.0 Å². The zero-order valence-corrected chi connectivity index (χ0v) is 16.8. The van der Waals surface area contributed by atoms with Gasteiger partial charge in [0.05, 0.1) is 0 Å². The fourth-order valence-corrected chi connectivity index (χ4v) is 4.21. The lowest BCUT2D eigenvalue weighted by atomic mass is 10.1. The zero-order chi connectivity index (χ0) is 20.5. The number of carbonyl (C=O) groups is 1. The van der Waals surface area contributed by atoms with Gasteiger partial charge in [-0.2, -0.15) is 0 Å². The highest BCUT2D eigenvalue weighted by molar-refractivity contribution is 7.92. The molecular weight excluding hydrogens is 378 g/mol. The lowest BCUT2D eigenvalue weighted by Gasteiger charge is -2.11. The summed E-state index contributed by atoms with van der Waals surface area (Å²) in [5.41, 5.74) is 3.79. The molecule has 2 N–H and O–H groups in total. The molecule has 0 atom stereocenters. The minimum absolute atomic E-state index is 0.0178. The highest BCUT2D eigenvalue weighted by Crippen LogP contribution is 2.23. The van der Waals surface area contributed by atoms with Gasteiger partial charge in [0.15, 0.2) is 10.7 Å². The van der Waals surface area contributed by atoms with Gasteiger partial charge in [0, 0.05) is 16.9 Å². The fraction of sp³-hybridized carbons (Fsp3) is 0.200. The predicted octanol–water partition coefficient (Wildman–Crippen LogP) is 3.96. The Labute approximate surface area is 163 Å². The van der Waals surface area contributed by atoms with Crippen molar-refractivity contribution in [1.82, 2.24) is 5.16 Å². The summed E-state index contributed by atoms with van der Waals surface area (Å²) in [5, 5.41) is 6.54. The summed E-state index contributed by atoms with van der Waals surface area (Å²) in [7, 11) is -3.83. The molecule has 0 aliphatic carbocycles. The molecule has 146 valence electrons. The Hall–Kier alpha value is -3.13. The maximum atomic E-state index is 12.5. The van der Waals surface area contributed by atoms with E-state index in [-0.39, 0.29) is 22.3 Å². The highest BCUT2D eigenvalue weighted by Gasteiger charge is 2.24. The van der Waals surface area contributed by atoms with E-state index >= 15 is 0 Å². The van der Waals surface area contributed by atoms with E-state index in [9.17, 15) is 13.2 Å². The lowest BCUT2D eigenvalue weighted by Crippen LogP contribution is -2.15. The van der Waals surface area contributed by atoms with E-state index in [0.717, 1.165) is 16.8 Å². The smallest absolute Gasteiger partial charge is 0.267 e. The number of amides is 1. The number of aryl methyl sites for hydroxylation is 4. The van der Waals surface area contributed by atoms with Crippen LogP contribution in [0.15, 0.2) is 51.9 Å². The van der Waals surface area contributed by atoms with Crippen LogP contribution in [0, 0.1) is 27.7 Å². The molecule has 1 heterocycles. The second-order valence-corrected chi connectivity index (χ2v) is 8.23. The molecule has 3 aromatic rings. The number of aromatic nitrogens is 1. The number of carbonyl (C=O) groups excluding carboxylic acids is 1. The second kappa shape index (κ2) is 7.47. The van der Waals surface area contributed by atoms with Crippen molar-refractivity contribution in [2.45, 2.75) is 32.6 Å². The molecule has 1 aromatic heterocycles. The Balaban J connectivity index is 1.76. The van der Waals surface area contributed by atoms with Gasteiger partial charge in [-0.05, 0) is 69.2 Å². The summed E-state index contributed by atoms with van der Waals surface area (Å²) in [4.78, 5) is 12.5. The van der Waals surface area contributed by atoms with Crippen LogP contribution in [0.5, 0.6) is 0 Å². The predicted molar refractivity (Wildman–Crippen MR) is 107 cm³/mol. The molecule has 0 fully saturated rings. The Morgan fingerprint density at radius 1 is 1.00 bits per heavy atom. The summed E-state index contributed by atoms with van der Waals surface area (Å²) in [6.45, 7) is 6.97. The van der Waals surface area contributed by atoms with Crippen molar-refractivity contribution in [1.29, 1.82) is 0 Å². The molecule has 0 bridgehead atoms. The average molecular weight is 399 g/mol. The number of sulfonamides is 1. The lowest BCUT2D eigenvalue weighted by molar-refractivity contribution is 0.102. The fourth-order valence-electron chi connectivity index (χ4n) is 2.82. The Kier molecular flexibility index (Phi) is 5.24. The number of anilines is 2. The number of nitrogens with zero attached hydrogens (tertiary/aromatic N) is 1. The van der Waals surface area contributed by atoms with Crippen LogP contribution in [0.4, 0.5) is 11.4 Å². The van der Waals surface area contributed by atoms with Crippen molar-refractivity contribution >= 4 is 27.3 Å². The van der Waals surface area contributed by atoms with Crippen molar-refractivity contribution in [2.24, 2.45) is 0 Å². The maximum absolute atomic E-state index is 12.5. The normalized spacial score (nSPS) is 11.3. The Morgan fingerprint density at radius 3 is 2.29 bits per heavy atom. The molecule has 2 aromatic carbocycles. The molecule has 0 saturated carbocycles. The van der Waals surface area contributed by atoms with Crippen molar-refractivity contribution in [3.05, 3.63) is 70.6 Å². The van der Waals surface area contributed by atoms with Gasteiger partial charge >= 0.3 is 0 Å². The summed E-state index contributed by atoms with van der Waals surface area (Å²) in [6.07, 6.45) is 0. The van der Waals surface area contributed by atoms with Gasteiger partial charge in [-0.1, -0.05) is 17.3 Å². The minimum atomic E-state index is -3.83. The first-order valence-corrected chi connectivity index (χ1v) is 10.1. The van der Waals surface area contributed by atoms with E-state index in [1.807, 2.05) is 32.0 Å². The van der Waals surface area contributed by atoms with E-state index in [1.165, 1.54) is 19.1 Å². The highest BCUT2D eigenvalue weighted by atomic mass is 32.2. The SMILES string of the molecule is Cc1ccc(C)c(NC(=O)c2ccc(NS(=O)(=O)c3c(C)noc3C)cc2)c1. The Bertz CT molecular complexity index is 1110. The summed E-state index contributed by atoms with van der Waals surface area (Å²) in [6, 6.07) is 12.0. The molecule has 0 aliphatic rings. The molecule has 0 aliphatic heterocycles. The van der Waals surface area contributed by atoms with Crippen LogP contribution in [0.2, 0.25) is 0 Å². The van der Waals surface area contributed by atoms with Crippen LogP contribution in [-0.2, 0) is 10.0 Å². The third-order valence-corrected chi connectivity index (χ3v) is 5.90. The zero-order valence-electron chi connectivity index (χ0n) is 16.0. The molecule has 8 heteroatoms. The van der Waals surface area contributed by atoms with Gasteiger partial charge < -0.3 is 9.84 Å². The van der Waals surface area contributed by atoms with E-state index < -0.39 is 10.0 Å². The minimum Gasteiger partial charge on any atom is -0.360 e. The van der Waals surface area contributed by atoms with Crippen molar-refractivity contribution < 1.29 is 17.7 Å². The summed E-state index contributed by atoms with van der Waals surface area (Å²) in [5.74, 6) is -0.0525. The third kappa shape index (κ3) is 4.07. The monoisotopic (exact) mass is 399 g/mol. The first-order chi connectivity index (χ1) is 13.2. The quantitative estimate of drug-likeness (QED) is 0.676. The number of benzene rings is 2. The van der Waals surface area contributed by atoms with Crippen LogP contribution in [-0.4, -0.2) is 19.5 Å².